The largest absolute Gasteiger partial charge is 0.394 e. The summed E-state index contributed by atoms with van der Waals surface area (Å²) in [6.07, 6.45) is -1.24. The second kappa shape index (κ2) is 17.2. The molecule has 2 rings (SSSR count). The highest BCUT2D eigenvalue weighted by Crippen LogP contribution is 2.29. The third kappa shape index (κ3) is 9.39. The Bertz CT molecular complexity index is 564. The van der Waals surface area contributed by atoms with Crippen molar-refractivity contribution in [1.29, 1.82) is 0 Å². The molecule has 0 bridgehead atoms. The summed E-state index contributed by atoms with van der Waals surface area (Å²) >= 11 is 0. The van der Waals surface area contributed by atoms with Crippen molar-refractivity contribution >= 4 is 0 Å². The summed E-state index contributed by atoms with van der Waals surface area (Å²) in [5, 5.41) is 70.2. The van der Waals surface area contributed by atoms with Crippen molar-refractivity contribution in [1.82, 2.24) is 0 Å². The van der Waals surface area contributed by atoms with Gasteiger partial charge in [-0.2, -0.15) is 0 Å². The molecule has 0 aromatic heterocycles. The molecule has 7 N–H and O–H groups in total. The number of unbranched alkanes of at least 4 members (excludes halogenated alkanes) is 10. The van der Waals surface area contributed by atoms with E-state index in [4.69, 9.17) is 18.9 Å². The van der Waals surface area contributed by atoms with E-state index in [1.807, 2.05) is 0 Å². The smallest absolute Gasteiger partial charge is 0.187 e. The van der Waals surface area contributed by atoms with Crippen LogP contribution < -0.4 is 0 Å². The summed E-state index contributed by atoms with van der Waals surface area (Å²) < 4.78 is 22.1. The van der Waals surface area contributed by atoms with Crippen molar-refractivity contribution < 1.29 is 54.7 Å². The molecule has 36 heavy (non-hydrogen) atoms. The van der Waals surface area contributed by atoms with Gasteiger partial charge in [-0.05, 0) is 6.42 Å². The summed E-state index contributed by atoms with van der Waals surface area (Å²) in [6, 6.07) is 0. The van der Waals surface area contributed by atoms with Gasteiger partial charge >= 0.3 is 0 Å². The normalized spacial score (nSPS) is 37.3. The first kappa shape index (κ1) is 31.8. The molecule has 8 unspecified atom stereocenters. The lowest BCUT2D eigenvalue weighted by atomic mass is 9.97. The molecular formula is C25H48O11. The monoisotopic (exact) mass is 524 g/mol. The number of hydrogen-bond acceptors (Lipinski definition) is 11. The van der Waals surface area contributed by atoms with E-state index < -0.39 is 74.6 Å². The second-order valence-electron chi connectivity index (χ2n) is 9.91. The van der Waals surface area contributed by atoms with Crippen molar-refractivity contribution in [2.75, 3.05) is 19.8 Å². The Morgan fingerprint density at radius 1 is 0.556 bits per heavy atom. The Balaban J connectivity index is 1.71. The first-order valence-corrected chi connectivity index (χ1v) is 13.6. The average molecular weight is 525 g/mol. The molecular weight excluding hydrogens is 476 g/mol. The molecule has 0 aromatic rings. The molecule has 2 aliphatic heterocycles. The molecule has 0 aliphatic carbocycles. The standard InChI is InChI=1S/C25H48O11/c1-2-3-4-5-6-7-8-9-10-11-12-13-33-24-22(32)20(30)23(17(15-27)35-24)36-25-21(31)19(29)18(28)16(14-26)34-25/h16-32H,2-15H2,1H3/t16?,17?,18-,19?,20?,21?,22?,23-,24?,25?/m1/s1. The van der Waals surface area contributed by atoms with Crippen LogP contribution in [0.3, 0.4) is 0 Å². The predicted molar refractivity (Wildman–Crippen MR) is 129 cm³/mol. The molecule has 0 radical (unpaired) electrons. The van der Waals surface area contributed by atoms with Crippen LogP contribution in [-0.2, 0) is 18.9 Å². The van der Waals surface area contributed by atoms with E-state index in [1.165, 1.54) is 51.4 Å². The van der Waals surface area contributed by atoms with Gasteiger partial charge in [-0.25, -0.2) is 0 Å². The molecule has 214 valence electrons. The van der Waals surface area contributed by atoms with E-state index in [0.29, 0.717) is 6.61 Å². The van der Waals surface area contributed by atoms with Gasteiger partial charge in [0.05, 0.1) is 13.2 Å². The lowest BCUT2D eigenvalue weighted by molar-refractivity contribution is -0.359. The number of hydrogen-bond donors (Lipinski definition) is 7. The first-order valence-electron chi connectivity index (χ1n) is 13.6. The lowest BCUT2D eigenvalue weighted by Crippen LogP contribution is -2.64. The van der Waals surface area contributed by atoms with E-state index in [0.717, 1.165) is 19.3 Å². The minimum Gasteiger partial charge on any atom is -0.394 e. The van der Waals surface area contributed by atoms with Gasteiger partial charge in [0.15, 0.2) is 12.6 Å². The van der Waals surface area contributed by atoms with Crippen LogP contribution in [0, 0.1) is 0 Å². The highest BCUT2D eigenvalue weighted by molar-refractivity contribution is 4.94. The summed E-state index contributed by atoms with van der Waals surface area (Å²) in [5.41, 5.74) is 0. The van der Waals surface area contributed by atoms with Crippen molar-refractivity contribution in [2.45, 2.75) is 139 Å². The van der Waals surface area contributed by atoms with E-state index in [-0.39, 0.29) is 0 Å². The molecule has 2 fully saturated rings. The highest BCUT2D eigenvalue weighted by atomic mass is 16.7. The quantitative estimate of drug-likeness (QED) is 0.127. The van der Waals surface area contributed by atoms with Gasteiger partial charge < -0.3 is 54.7 Å². The molecule has 2 heterocycles. The van der Waals surface area contributed by atoms with Gasteiger partial charge in [0.1, 0.15) is 48.8 Å². The third-order valence-corrected chi connectivity index (χ3v) is 6.99. The van der Waals surface area contributed by atoms with Crippen molar-refractivity contribution in [3.05, 3.63) is 0 Å². The van der Waals surface area contributed by atoms with Crippen molar-refractivity contribution in [3.63, 3.8) is 0 Å². The van der Waals surface area contributed by atoms with E-state index >= 15 is 0 Å². The molecule has 11 heteroatoms. The van der Waals surface area contributed by atoms with E-state index in [9.17, 15) is 35.7 Å². The van der Waals surface area contributed by atoms with Crippen LogP contribution in [0.25, 0.3) is 0 Å². The number of rotatable bonds is 17. The topological polar surface area (TPSA) is 179 Å². The first-order chi connectivity index (χ1) is 17.3. The van der Waals surface area contributed by atoms with Crippen molar-refractivity contribution in [3.8, 4) is 0 Å². The van der Waals surface area contributed by atoms with Crippen LogP contribution in [0.15, 0.2) is 0 Å². The zero-order valence-electron chi connectivity index (χ0n) is 21.4. The van der Waals surface area contributed by atoms with Gasteiger partial charge in [0, 0.05) is 6.61 Å². The zero-order chi connectivity index (χ0) is 26.5. The Kier molecular flexibility index (Phi) is 15.2. The van der Waals surface area contributed by atoms with Gasteiger partial charge in [-0.3, -0.25) is 0 Å². The van der Waals surface area contributed by atoms with Crippen LogP contribution in [-0.4, -0.2) is 117 Å². The zero-order valence-corrected chi connectivity index (χ0v) is 21.4. The molecule has 11 nitrogen and oxygen atoms in total. The molecule has 10 atom stereocenters. The molecule has 2 saturated heterocycles. The Labute approximate surface area is 214 Å². The fourth-order valence-corrected chi connectivity index (χ4v) is 4.66. The highest BCUT2D eigenvalue weighted by Gasteiger charge is 2.50. The Morgan fingerprint density at radius 2 is 1.06 bits per heavy atom. The molecule has 0 spiro atoms. The number of ether oxygens (including phenoxy) is 4. The summed E-state index contributed by atoms with van der Waals surface area (Å²) in [6.45, 7) is 1.32. The van der Waals surface area contributed by atoms with E-state index in [1.54, 1.807) is 0 Å². The summed E-state index contributed by atoms with van der Waals surface area (Å²) in [5.74, 6) is 0. The van der Waals surface area contributed by atoms with Crippen LogP contribution in [0.5, 0.6) is 0 Å². The SMILES string of the molecule is CCCCCCCCCCCCCOC1OC(CO)[C@@H](OC2OC(CO)[C@@H](O)C(O)C2O)C(O)C1O. The van der Waals surface area contributed by atoms with Crippen LogP contribution in [0.1, 0.15) is 77.6 Å². The van der Waals surface area contributed by atoms with Crippen LogP contribution in [0.4, 0.5) is 0 Å². The molecule has 2 aliphatic rings. The number of aliphatic hydroxyl groups excluding tert-OH is 7. The van der Waals surface area contributed by atoms with Gasteiger partial charge in [0.25, 0.3) is 0 Å². The average Bonchev–Trinajstić information content (AvgIpc) is 2.88. The maximum Gasteiger partial charge on any atom is 0.187 e. The van der Waals surface area contributed by atoms with Gasteiger partial charge in [0.2, 0.25) is 0 Å². The summed E-state index contributed by atoms with van der Waals surface area (Å²) in [4.78, 5) is 0. The second-order valence-corrected chi connectivity index (χ2v) is 9.91. The van der Waals surface area contributed by atoms with Crippen LogP contribution in [0.2, 0.25) is 0 Å². The van der Waals surface area contributed by atoms with Gasteiger partial charge in [-0.1, -0.05) is 71.1 Å². The fourth-order valence-electron chi connectivity index (χ4n) is 4.66. The Morgan fingerprint density at radius 3 is 1.61 bits per heavy atom. The minimum atomic E-state index is -1.69. The minimum absolute atomic E-state index is 0.321. The fraction of sp³-hybridized carbons (Fsp3) is 1.00. The van der Waals surface area contributed by atoms with Gasteiger partial charge in [-0.15, -0.1) is 0 Å². The van der Waals surface area contributed by atoms with Crippen molar-refractivity contribution in [2.24, 2.45) is 0 Å². The maximum atomic E-state index is 10.6. The lowest BCUT2D eigenvalue weighted by Gasteiger charge is -2.45. The third-order valence-electron chi connectivity index (χ3n) is 6.99. The molecule has 0 amide bonds. The Hall–Kier alpha value is -0.440. The predicted octanol–water partition coefficient (Wildman–Crippen LogP) is -0.0619. The molecule has 0 saturated carbocycles. The number of aliphatic hydroxyl groups is 7. The maximum absolute atomic E-state index is 10.6. The van der Waals surface area contributed by atoms with Crippen LogP contribution >= 0.6 is 0 Å². The molecule has 0 aromatic carbocycles. The summed E-state index contributed by atoms with van der Waals surface area (Å²) in [7, 11) is 0. The van der Waals surface area contributed by atoms with E-state index in [2.05, 4.69) is 6.92 Å².